The summed E-state index contributed by atoms with van der Waals surface area (Å²) < 4.78 is 32.5. The Balaban J connectivity index is 4.54. The Morgan fingerprint density at radius 2 is 1.21 bits per heavy atom. The fourth-order valence-corrected chi connectivity index (χ4v) is 5.30. The maximum absolute atomic E-state index is 12.5. The van der Waals surface area contributed by atoms with E-state index in [9.17, 15) is 29.3 Å². The van der Waals surface area contributed by atoms with Gasteiger partial charge in [0.1, 0.15) is 6.61 Å². The van der Waals surface area contributed by atoms with E-state index < -0.39 is 44.7 Å². The first-order chi connectivity index (χ1) is 27.6. The lowest BCUT2D eigenvalue weighted by atomic mass is 10.2. The van der Waals surface area contributed by atoms with Crippen LogP contribution in [-0.4, -0.2) is 71.7 Å². The number of hydrogen-bond donors (Lipinski definition) is 4. The first kappa shape index (κ1) is 53.3. The number of allylic oxidation sites excluding steroid dienone is 16. The van der Waals surface area contributed by atoms with Crippen LogP contribution >= 0.6 is 7.82 Å². The predicted molar refractivity (Wildman–Crippen MR) is 231 cm³/mol. The molecule has 0 aromatic heterocycles. The lowest BCUT2D eigenvalue weighted by Gasteiger charge is -2.19. The second kappa shape index (κ2) is 39.2. The number of carbonyl (C=O) groups excluding carboxylic acids is 2. The molecule has 11 nitrogen and oxygen atoms in total. The second-order valence-corrected chi connectivity index (χ2v) is 14.2. The third-order valence-electron chi connectivity index (χ3n) is 7.52. The first-order valence-corrected chi connectivity index (χ1v) is 21.7. The fourth-order valence-electron chi connectivity index (χ4n) is 4.54. The number of hydrogen-bond acceptors (Lipinski definition) is 10. The van der Waals surface area contributed by atoms with Gasteiger partial charge < -0.3 is 30.3 Å². The monoisotopic (exact) mass is 815 g/mol. The number of esters is 2. The molecule has 0 amide bonds. The number of phosphoric ester groups is 1. The van der Waals surface area contributed by atoms with E-state index in [-0.39, 0.29) is 32.6 Å². The van der Waals surface area contributed by atoms with Crippen molar-refractivity contribution in [2.75, 3.05) is 26.4 Å². The van der Waals surface area contributed by atoms with Gasteiger partial charge in [-0.1, -0.05) is 135 Å². The summed E-state index contributed by atoms with van der Waals surface area (Å²) in [5.74, 6) is -1.08. The summed E-state index contributed by atoms with van der Waals surface area (Å²) in [5.41, 5.74) is 5.32. The maximum atomic E-state index is 12.5. The molecule has 0 aliphatic carbocycles. The topological polar surface area (TPSA) is 175 Å². The molecule has 0 aromatic carbocycles. The summed E-state index contributed by atoms with van der Waals surface area (Å²) in [6, 6.07) is 0. The Morgan fingerprint density at radius 1 is 0.632 bits per heavy atom. The minimum Gasteiger partial charge on any atom is -0.462 e. The number of carbonyl (C=O) groups is 2. The number of aliphatic hydroxyl groups excluding tert-OH is 2. The van der Waals surface area contributed by atoms with Crippen LogP contribution in [0.4, 0.5) is 0 Å². The highest BCUT2D eigenvalue weighted by atomic mass is 31.2. The average molecular weight is 816 g/mol. The molecule has 57 heavy (non-hydrogen) atoms. The average Bonchev–Trinajstić information content (AvgIpc) is 3.18. The van der Waals surface area contributed by atoms with Crippen molar-refractivity contribution in [2.45, 2.75) is 122 Å². The van der Waals surface area contributed by atoms with Crippen molar-refractivity contribution >= 4 is 19.8 Å². The zero-order chi connectivity index (χ0) is 42.1. The van der Waals surface area contributed by atoms with Crippen LogP contribution in [0, 0.1) is 0 Å². The van der Waals surface area contributed by atoms with Gasteiger partial charge in [-0.05, 0) is 77.0 Å². The number of rotatable bonds is 35. The zero-order valence-electron chi connectivity index (χ0n) is 34.2. The number of nitrogens with two attached hydrogens (primary N) is 1. The first-order valence-electron chi connectivity index (χ1n) is 20.2. The molecule has 1 unspecified atom stereocenters. The summed E-state index contributed by atoms with van der Waals surface area (Å²) in [6.07, 6.45) is 46.0. The molecule has 0 spiro atoms. The zero-order valence-corrected chi connectivity index (χ0v) is 35.1. The van der Waals surface area contributed by atoms with Crippen molar-refractivity contribution in [1.82, 2.24) is 0 Å². The summed E-state index contributed by atoms with van der Waals surface area (Å²) in [4.78, 5) is 34.8. The van der Waals surface area contributed by atoms with Gasteiger partial charge in [-0.2, -0.15) is 0 Å². The third-order valence-corrected chi connectivity index (χ3v) is 8.50. The molecule has 0 aliphatic heterocycles. The number of unbranched alkanes of at least 4 members (excludes halogenated alkanes) is 3. The molecule has 0 rings (SSSR count). The maximum Gasteiger partial charge on any atom is 0.472 e. The van der Waals surface area contributed by atoms with Crippen molar-refractivity contribution in [3.63, 3.8) is 0 Å². The molecule has 0 bridgehead atoms. The molecule has 320 valence electrons. The summed E-state index contributed by atoms with van der Waals surface area (Å²) >= 11 is 0. The van der Waals surface area contributed by atoms with E-state index in [4.69, 9.17) is 24.3 Å². The SMILES string of the molecule is CC/C=C\C/C=C\C/C=C\C/C=C\CCCCC(=O)O[C@H](COC(=O)CCC/C=C\[C@H](O)/C=C/C=C\C/C=C\C=C\[C@H](O)C/C=C\CC)COP(=O)(O)OCCN. The smallest absolute Gasteiger partial charge is 0.462 e. The third kappa shape index (κ3) is 39.0. The van der Waals surface area contributed by atoms with Gasteiger partial charge in [0.25, 0.3) is 0 Å². The van der Waals surface area contributed by atoms with Gasteiger partial charge in [-0.15, -0.1) is 0 Å². The Kier molecular flexibility index (Phi) is 36.6. The Labute approximate surface area is 342 Å². The molecule has 0 saturated heterocycles. The van der Waals surface area contributed by atoms with Crippen molar-refractivity contribution in [3.8, 4) is 0 Å². The van der Waals surface area contributed by atoms with Gasteiger partial charge in [0.05, 0.1) is 25.4 Å². The highest BCUT2D eigenvalue weighted by Crippen LogP contribution is 2.43. The van der Waals surface area contributed by atoms with Gasteiger partial charge in [0.15, 0.2) is 6.10 Å². The van der Waals surface area contributed by atoms with Crippen molar-refractivity contribution < 1.29 is 47.8 Å². The van der Waals surface area contributed by atoms with Crippen molar-refractivity contribution in [3.05, 3.63) is 122 Å². The van der Waals surface area contributed by atoms with E-state index in [1.807, 2.05) is 42.5 Å². The van der Waals surface area contributed by atoms with E-state index in [2.05, 4.69) is 62.5 Å². The molecular weight excluding hydrogens is 745 g/mol. The molecule has 4 atom stereocenters. The van der Waals surface area contributed by atoms with Crippen molar-refractivity contribution in [1.29, 1.82) is 0 Å². The van der Waals surface area contributed by atoms with Gasteiger partial charge in [-0.3, -0.25) is 18.6 Å². The second-order valence-electron chi connectivity index (χ2n) is 12.8. The molecule has 0 radical (unpaired) electrons. The van der Waals surface area contributed by atoms with Gasteiger partial charge in [0.2, 0.25) is 0 Å². The normalized spacial score (nSPS) is 15.7. The highest BCUT2D eigenvalue weighted by Gasteiger charge is 2.25. The molecule has 0 aliphatic rings. The Morgan fingerprint density at radius 3 is 1.88 bits per heavy atom. The summed E-state index contributed by atoms with van der Waals surface area (Å²) in [6.45, 7) is 3.11. The Hall–Kier alpha value is -3.67. The van der Waals surface area contributed by atoms with Crippen LogP contribution in [0.5, 0.6) is 0 Å². The van der Waals surface area contributed by atoms with E-state index in [1.54, 1.807) is 30.4 Å². The molecule has 5 N–H and O–H groups in total. The molecule has 12 heteroatoms. The van der Waals surface area contributed by atoms with Crippen LogP contribution in [0.2, 0.25) is 0 Å². The summed E-state index contributed by atoms with van der Waals surface area (Å²) in [7, 11) is -4.44. The molecule has 0 heterocycles. The van der Waals surface area contributed by atoms with E-state index in [0.29, 0.717) is 32.1 Å². The van der Waals surface area contributed by atoms with E-state index >= 15 is 0 Å². The van der Waals surface area contributed by atoms with E-state index in [1.165, 1.54) is 0 Å². The molecule has 0 aromatic rings. The van der Waals surface area contributed by atoms with Gasteiger partial charge >= 0.3 is 19.8 Å². The van der Waals surface area contributed by atoms with Crippen LogP contribution in [-0.2, 0) is 32.7 Å². The number of aliphatic hydroxyl groups is 2. The van der Waals surface area contributed by atoms with Gasteiger partial charge in [-0.25, -0.2) is 4.57 Å². The van der Waals surface area contributed by atoms with Crippen LogP contribution in [0.1, 0.15) is 104 Å². The molecule has 0 saturated carbocycles. The van der Waals surface area contributed by atoms with Gasteiger partial charge in [0, 0.05) is 19.4 Å². The Bertz CT molecular complexity index is 1380. The van der Waals surface area contributed by atoms with Crippen LogP contribution in [0.3, 0.4) is 0 Å². The molecular formula is C45H70NO10P. The minimum absolute atomic E-state index is 0.00955. The standard InChI is InChI=1S/C45H70NO10P/c1-3-5-7-8-9-10-11-12-13-14-15-16-20-23-29-36-45(50)56-43(40-55-57(51,52)54-38-37-46)39-53-44(49)35-30-24-28-34-42(48)33-27-22-19-17-18-21-26-32-41(47)31-25-6-4-2/h5-7,9-10,12-13,15-16,18-19,21-22,25-28,32-34,41-43,47-48H,3-4,8,11,14,17,20,23-24,29-31,35-40,46H2,1-2H3,(H,51,52)/b7-5-,10-9-,13-12-,16-15-,21-18-,22-19-,25-6-,32-26+,33-27+,34-28-/t41-,42-,43-/m1/s1. The lowest BCUT2D eigenvalue weighted by molar-refractivity contribution is -0.161. The fraction of sp³-hybridized carbons (Fsp3) is 0.511. The largest absolute Gasteiger partial charge is 0.472 e. The van der Waals surface area contributed by atoms with E-state index in [0.717, 1.165) is 44.9 Å². The predicted octanol–water partition coefficient (Wildman–Crippen LogP) is 9.32. The van der Waals surface area contributed by atoms with Crippen LogP contribution in [0.15, 0.2) is 122 Å². The minimum atomic E-state index is -4.44. The lowest BCUT2D eigenvalue weighted by Crippen LogP contribution is -2.29. The number of ether oxygens (including phenoxy) is 2. The quantitative estimate of drug-likeness (QED) is 0.0158. The highest BCUT2D eigenvalue weighted by molar-refractivity contribution is 7.47. The van der Waals surface area contributed by atoms with Crippen molar-refractivity contribution in [2.24, 2.45) is 5.73 Å². The summed E-state index contributed by atoms with van der Waals surface area (Å²) in [5, 5.41) is 20.0. The van der Waals surface area contributed by atoms with Crippen LogP contribution < -0.4 is 5.73 Å². The molecule has 0 fully saturated rings. The van der Waals surface area contributed by atoms with Crippen LogP contribution in [0.25, 0.3) is 0 Å². The number of phosphoric acid groups is 1.